The van der Waals surface area contributed by atoms with E-state index in [9.17, 15) is 0 Å². The van der Waals surface area contributed by atoms with Crippen molar-refractivity contribution in [1.29, 1.82) is 0 Å². The molecule has 0 aromatic carbocycles. The molecule has 0 spiro atoms. The summed E-state index contributed by atoms with van der Waals surface area (Å²) in [4.78, 5) is 2.70. The van der Waals surface area contributed by atoms with Crippen molar-refractivity contribution in [2.45, 2.75) is 51.1 Å². The smallest absolute Gasteiger partial charge is 0.0153 e. The first-order valence-electron chi connectivity index (χ1n) is 6.04. The fourth-order valence-corrected chi connectivity index (χ4v) is 2.93. The van der Waals surface area contributed by atoms with Crippen molar-refractivity contribution in [1.82, 2.24) is 10.2 Å². The van der Waals surface area contributed by atoms with Gasteiger partial charge in [-0.05, 0) is 59.0 Å². The third-order valence-electron chi connectivity index (χ3n) is 4.20. The summed E-state index contributed by atoms with van der Waals surface area (Å²) in [5, 5.41) is 3.36. The maximum Gasteiger partial charge on any atom is 0.0153 e. The van der Waals surface area contributed by atoms with Crippen LogP contribution < -0.4 is 5.32 Å². The van der Waals surface area contributed by atoms with Gasteiger partial charge in [-0.2, -0.15) is 0 Å². The van der Waals surface area contributed by atoms with Crippen molar-refractivity contribution in [2.75, 3.05) is 20.1 Å². The first-order valence-corrected chi connectivity index (χ1v) is 6.04. The average molecular weight is 196 g/mol. The second kappa shape index (κ2) is 3.82. The predicted molar refractivity (Wildman–Crippen MR) is 60.5 cm³/mol. The Morgan fingerprint density at radius 2 is 2.07 bits per heavy atom. The molecule has 14 heavy (non-hydrogen) atoms. The number of nitrogens with zero attached hydrogens (tertiary/aromatic N) is 1. The Labute approximate surface area is 88.1 Å². The SMILES string of the molecule is CNC1CC(CN2CCCC2(C)C)C1. The molecule has 0 radical (unpaired) electrons. The van der Waals surface area contributed by atoms with Crippen LogP contribution >= 0.6 is 0 Å². The molecule has 2 fully saturated rings. The minimum atomic E-state index is 0.477. The molecule has 0 bridgehead atoms. The van der Waals surface area contributed by atoms with Gasteiger partial charge in [-0.3, -0.25) is 4.90 Å². The summed E-state index contributed by atoms with van der Waals surface area (Å²) in [5.41, 5.74) is 0.477. The molecule has 2 heteroatoms. The summed E-state index contributed by atoms with van der Waals surface area (Å²) in [7, 11) is 2.08. The standard InChI is InChI=1S/C12H24N2/c1-12(2)5-4-6-14(12)9-10-7-11(8-10)13-3/h10-11,13H,4-9H2,1-3H3. The lowest BCUT2D eigenvalue weighted by molar-refractivity contribution is 0.101. The second-order valence-corrected chi connectivity index (χ2v) is 5.69. The van der Waals surface area contributed by atoms with Gasteiger partial charge in [0.2, 0.25) is 0 Å². The summed E-state index contributed by atoms with van der Waals surface area (Å²) in [5.74, 6) is 0.963. The zero-order chi connectivity index (χ0) is 10.2. The van der Waals surface area contributed by atoms with Crippen LogP contribution in [-0.4, -0.2) is 36.6 Å². The van der Waals surface area contributed by atoms with Crippen molar-refractivity contribution in [3.05, 3.63) is 0 Å². The van der Waals surface area contributed by atoms with Crippen LogP contribution in [0.25, 0.3) is 0 Å². The van der Waals surface area contributed by atoms with Crippen LogP contribution in [0.4, 0.5) is 0 Å². The zero-order valence-electron chi connectivity index (χ0n) is 9.84. The number of nitrogens with one attached hydrogen (secondary N) is 1. The van der Waals surface area contributed by atoms with Crippen LogP contribution in [-0.2, 0) is 0 Å². The average Bonchev–Trinajstić information content (AvgIpc) is 2.37. The van der Waals surface area contributed by atoms with Crippen molar-refractivity contribution in [3.8, 4) is 0 Å². The van der Waals surface area contributed by atoms with Gasteiger partial charge in [-0.15, -0.1) is 0 Å². The molecule has 1 saturated carbocycles. The van der Waals surface area contributed by atoms with Crippen molar-refractivity contribution < 1.29 is 0 Å². The lowest BCUT2D eigenvalue weighted by Crippen LogP contribution is -2.48. The molecule has 1 saturated heterocycles. The quantitative estimate of drug-likeness (QED) is 0.741. The molecule has 82 valence electrons. The molecule has 1 heterocycles. The Morgan fingerprint density at radius 1 is 1.36 bits per heavy atom. The van der Waals surface area contributed by atoms with E-state index in [1.54, 1.807) is 0 Å². The van der Waals surface area contributed by atoms with Crippen molar-refractivity contribution in [2.24, 2.45) is 5.92 Å². The molecule has 1 aliphatic carbocycles. The van der Waals surface area contributed by atoms with E-state index in [1.165, 1.54) is 38.8 Å². The van der Waals surface area contributed by atoms with E-state index < -0.39 is 0 Å². The maximum absolute atomic E-state index is 3.36. The van der Waals surface area contributed by atoms with Gasteiger partial charge in [0.15, 0.2) is 0 Å². The first-order chi connectivity index (χ1) is 6.62. The van der Waals surface area contributed by atoms with Crippen LogP contribution in [0.3, 0.4) is 0 Å². The Morgan fingerprint density at radius 3 is 2.57 bits per heavy atom. The molecule has 1 aliphatic heterocycles. The zero-order valence-corrected chi connectivity index (χ0v) is 9.84. The number of likely N-dealkylation sites (tertiary alicyclic amines) is 1. The molecule has 2 nitrogen and oxygen atoms in total. The van der Waals surface area contributed by atoms with E-state index in [1.807, 2.05) is 0 Å². The second-order valence-electron chi connectivity index (χ2n) is 5.69. The fourth-order valence-electron chi connectivity index (χ4n) is 2.93. The van der Waals surface area contributed by atoms with E-state index in [0.29, 0.717) is 5.54 Å². The van der Waals surface area contributed by atoms with Gasteiger partial charge >= 0.3 is 0 Å². The third kappa shape index (κ3) is 1.96. The maximum atomic E-state index is 3.36. The van der Waals surface area contributed by atoms with Crippen molar-refractivity contribution in [3.63, 3.8) is 0 Å². The topological polar surface area (TPSA) is 15.3 Å². The van der Waals surface area contributed by atoms with Crippen LogP contribution in [0.5, 0.6) is 0 Å². The van der Waals surface area contributed by atoms with E-state index >= 15 is 0 Å². The largest absolute Gasteiger partial charge is 0.317 e. The molecule has 0 aromatic heterocycles. The van der Waals surface area contributed by atoms with Gasteiger partial charge in [-0.25, -0.2) is 0 Å². The highest BCUT2D eigenvalue weighted by molar-refractivity contribution is 4.92. The van der Waals surface area contributed by atoms with Crippen LogP contribution in [0.15, 0.2) is 0 Å². The number of rotatable bonds is 3. The Hall–Kier alpha value is -0.0800. The number of hydrogen-bond donors (Lipinski definition) is 1. The molecule has 0 amide bonds. The molecule has 1 N–H and O–H groups in total. The summed E-state index contributed by atoms with van der Waals surface area (Å²) in [6.07, 6.45) is 5.57. The Balaban J connectivity index is 1.76. The normalized spacial score (nSPS) is 37.1. The van der Waals surface area contributed by atoms with Gasteiger partial charge in [0.05, 0.1) is 0 Å². The monoisotopic (exact) mass is 196 g/mol. The van der Waals surface area contributed by atoms with Gasteiger partial charge in [0.25, 0.3) is 0 Å². The fraction of sp³-hybridized carbons (Fsp3) is 1.00. The molecule has 2 rings (SSSR count). The molecule has 0 aromatic rings. The highest BCUT2D eigenvalue weighted by Crippen LogP contribution is 2.34. The number of hydrogen-bond acceptors (Lipinski definition) is 2. The first kappa shape index (κ1) is 10.4. The lowest BCUT2D eigenvalue weighted by atomic mass is 9.79. The van der Waals surface area contributed by atoms with Gasteiger partial charge < -0.3 is 5.32 Å². The molecule has 0 unspecified atom stereocenters. The highest BCUT2D eigenvalue weighted by Gasteiger charge is 2.36. The lowest BCUT2D eigenvalue weighted by Gasteiger charge is -2.41. The van der Waals surface area contributed by atoms with E-state index in [2.05, 4.69) is 31.1 Å². The van der Waals surface area contributed by atoms with Crippen LogP contribution in [0.1, 0.15) is 39.5 Å². The molecule has 0 atom stereocenters. The molecular weight excluding hydrogens is 172 g/mol. The minimum absolute atomic E-state index is 0.477. The third-order valence-corrected chi connectivity index (χ3v) is 4.20. The Bertz CT molecular complexity index is 194. The summed E-state index contributed by atoms with van der Waals surface area (Å²) >= 11 is 0. The highest BCUT2D eigenvalue weighted by atomic mass is 15.2. The van der Waals surface area contributed by atoms with Crippen LogP contribution in [0, 0.1) is 5.92 Å². The minimum Gasteiger partial charge on any atom is -0.317 e. The Kier molecular flexibility index (Phi) is 2.85. The van der Waals surface area contributed by atoms with Gasteiger partial charge in [-0.1, -0.05) is 0 Å². The summed E-state index contributed by atoms with van der Waals surface area (Å²) in [6, 6.07) is 0.811. The summed E-state index contributed by atoms with van der Waals surface area (Å²) < 4.78 is 0. The predicted octanol–water partition coefficient (Wildman–Crippen LogP) is 1.86. The van der Waals surface area contributed by atoms with E-state index in [4.69, 9.17) is 0 Å². The van der Waals surface area contributed by atoms with E-state index in [-0.39, 0.29) is 0 Å². The van der Waals surface area contributed by atoms with Crippen molar-refractivity contribution >= 4 is 0 Å². The summed E-state index contributed by atoms with van der Waals surface area (Å²) in [6.45, 7) is 7.46. The van der Waals surface area contributed by atoms with Gasteiger partial charge in [0, 0.05) is 18.1 Å². The molecular formula is C12H24N2. The van der Waals surface area contributed by atoms with Crippen LogP contribution in [0.2, 0.25) is 0 Å². The molecule has 2 aliphatic rings. The van der Waals surface area contributed by atoms with E-state index in [0.717, 1.165) is 12.0 Å². The van der Waals surface area contributed by atoms with Gasteiger partial charge in [0.1, 0.15) is 0 Å².